The highest BCUT2D eigenvalue weighted by atomic mass is 32.2. The molecule has 6 nitrogen and oxygen atoms in total. The van der Waals surface area contributed by atoms with Crippen LogP contribution in [0.5, 0.6) is 0 Å². The van der Waals surface area contributed by atoms with Crippen LogP contribution in [0.3, 0.4) is 0 Å². The molecule has 166 valence electrons. The Bertz CT molecular complexity index is 918. The van der Waals surface area contributed by atoms with Crippen molar-refractivity contribution in [1.82, 2.24) is 10.0 Å². The molecule has 4 rings (SSSR count). The van der Waals surface area contributed by atoms with E-state index < -0.39 is 15.8 Å². The van der Waals surface area contributed by atoms with Gasteiger partial charge in [0.1, 0.15) is 5.82 Å². The smallest absolute Gasteiger partial charge is 0.240 e. The predicted molar refractivity (Wildman–Crippen MR) is 111 cm³/mol. The van der Waals surface area contributed by atoms with Gasteiger partial charge in [-0.05, 0) is 72.6 Å². The molecule has 8 heteroatoms. The molecule has 3 fully saturated rings. The largest absolute Gasteiger partial charge is 0.378 e. The summed E-state index contributed by atoms with van der Waals surface area (Å²) in [6.45, 7) is 6.98. The SMILES string of the molecule is CC(=O)N[C@H]1C(C)(C)[C@@H]2C[C@@H]3[C@@H](CCNS(=O)(=O)c4ccc(F)cc4)OCC[C@@]31C2. The number of hydrogen-bond acceptors (Lipinski definition) is 4. The Kier molecular flexibility index (Phi) is 5.48. The molecule has 1 spiro atoms. The fourth-order valence-electron chi connectivity index (χ4n) is 6.43. The second-order valence-electron chi connectivity index (χ2n) is 9.73. The molecule has 1 aromatic rings. The lowest BCUT2D eigenvalue weighted by Gasteiger charge is -2.53. The number of nitrogens with one attached hydrogen (secondary N) is 2. The van der Waals surface area contributed by atoms with Crippen molar-refractivity contribution in [3.63, 3.8) is 0 Å². The lowest BCUT2D eigenvalue weighted by molar-refractivity contribution is -0.135. The first-order chi connectivity index (χ1) is 14.1. The lowest BCUT2D eigenvalue weighted by Crippen LogP contribution is -2.60. The van der Waals surface area contributed by atoms with E-state index in [1.165, 1.54) is 12.1 Å². The molecule has 0 radical (unpaired) electrons. The molecule has 3 aliphatic rings. The minimum absolute atomic E-state index is 0.00356. The maximum atomic E-state index is 13.1. The van der Waals surface area contributed by atoms with E-state index in [9.17, 15) is 17.6 Å². The first kappa shape index (κ1) is 21.7. The van der Waals surface area contributed by atoms with Crippen molar-refractivity contribution < 1.29 is 22.3 Å². The van der Waals surface area contributed by atoms with Crippen LogP contribution in [0.25, 0.3) is 0 Å². The second kappa shape index (κ2) is 7.57. The molecule has 5 atom stereocenters. The van der Waals surface area contributed by atoms with Gasteiger partial charge in [-0.3, -0.25) is 4.79 Å². The van der Waals surface area contributed by atoms with E-state index in [1.807, 2.05) is 0 Å². The summed E-state index contributed by atoms with van der Waals surface area (Å²) in [6.07, 6.45) is 3.62. The average molecular weight is 439 g/mol. The Morgan fingerprint density at radius 3 is 2.63 bits per heavy atom. The van der Waals surface area contributed by atoms with Crippen LogP contribution in [0.15, 0.2) is 29.2 Å². The third-order valence-electron chi connectivity index (χ3n) is 7.82. The van der Waals surface area contributed by atoms with Crippen LogP contribution in [-0.4, -0.2) is 39.6 Å². The minimum atomic E-state index is -3.69. The van der Waals surface area contributed by atoms with Crippen molar-refractivity contribution in [2.45, 2.75) is 63.5 Å². The number of carbonyl (C=O) groups is 1. The molecular weight excluding hydrogens is 407 g/mol. The first-order valence-electron chi connectivity index (χ1n) is 10.7. The predicted octanol–water partition coefficient (Wildman–Crippen LogP) is 2.84. The molecule has 1 aliphatic heterocycles. The third kappa shape index (κ3) is 3.56. The fraction of sp³-hybridized carbons (Fsp3) is 0.682. The molecule has 30 heavy (non-hydrogen) atoms. The maximum Gasteiger partial charge on any atom is 0.240 e. The van der Waals surface area contributed by atoms with E-state index >= 15 is 0 Å². The number of amides is 1. The number of rotatable bonds is 6. The summed E-state index contributed by atoms with van der Waals surface area (Å²) in [6, 6.07) is 4.93. The molecule has 2 bridgehead atoms. The zero-order valence-electron chi connectivity index (χ0n) is 17.8. The molecule has 0 unspecified atom stereocenters. The summed E-state index contributed by atoms with van der Waals surface area (Å²) < 4.78 is 46.7. The maximum absolute atomic E-state index is 13.1. The molecule has 1 amide bonds. The molecule has 0 aromatic heterocycles. The number of hydrogen-bond donors (Lipinski definition) is 2. The van der Waals surface area contributed by atoms with Crippen LogP contribution in [0.4, 0.5) is 4.39 Å². The van der Waals surface area contributed by atoms with Crippen molar-refractivity contribution in [2.24, 2.45) is 22.7 Å². The van der Waals surface area contributed by atoms with Crippen molar-refractivity contribution in [3.05, 3.63) is 30.1 Å². The van der Waals surface area contributed by atoms with E-state index in [2.05, 4.69) is 23.9 Å². The van der Waals surface area contributed by atoms with Gasteiger partial charge in [0.15, 0.2) is 0 Å². The Hall–Kier alpha value is -1.51. The van der Waals surface area contributed by atoms with Crippen LogP contribution in [0, 0.1) is 28.5 Å². The van der Waals surface area contributed by atoms with Gasteiger partial charge in [-0.1, -0.05) is 13.8 Å². The Balaban J connectivity index is 1.44. The highest BCUT2D eigenvalue weighted by Gasteiger charge is 2.68. The third-order valence-corrected chi connectivity index (χ3v) is 9.29. The van der Waals surface area contributed by atoms with Gasteiger partial charge in [0, 0.05) is 26.1 Å². The number of carbonyl (C=O) groups excluding carboxylic acids is 1. The van der Waals surface area contributed by atoms with Gasteiger partial charge in [-0.2, -0.15) is 0 Å². The lowest BCUT2D eigenvalue weighted by atomic mass is 9.59. The van der Waals surface area contributed by atoms with E-state index in [-0.39, 0.29) is 40.3 Å². The fourth-order valence-corrected chi connectivity index (χ4v) is 7.48. The molecule has 2 saturated carbocycles. The monoisotopic (exact) mass is 438 g/mol. The molecule has 1 heterocycles. The van der Waals surface area contributed by atoms with Gasteiger partial charge >= 0.3 is 0 Å². The van der Waals surface area contributed by atoms with Crippen molar-refractivity contribution in [1.29, 1.82) is 0 Å². The Morgan fingerprint density at radius 2 is 1.97 bits per heavy atom. The van der Waals surface area contributed by atoms with Gasteiger partial charge < -0.3 is 10.1 Å². The minimum Gasteiger partial charge on any atom is -0.378 e. The highest BCUT2D eigenvalue weighted by Crippen LogP contribution is 2.68. The topological polar surface area (TPSA) is 84.5 Å². The summed E-state index contributed by atoms with van der Waals surface area (Å²) in [5, 5.41) is 3.24. The number of halogens is 1. The normalized spacial score (nSPS) is 34.5. The average Bonchev–Trinajstić information content (AvgIpc) is 3.15. The zero-order valence-corrected chi connectivity index (χ0v) is 18.6. The quantitative estimate of drug-likeness (QED) is 0.715. The van der Waals surface area contributed by atoms with Gasteiger partial charge in [0.25, 0.3) is 0 Å². The van der Waals surface area contributed by atoms with Crippen LogP contribution >= 0.6 is 0 Å². The van der Waals surface area contributed by atoms with E-state index in [1.54, 1.807) is 6.92 Å². The van der Waals surface area contributed by atoms with Crippen molar-refractivity contribution in [3.8, 4) is 0 Å². The van der Waals surface area contributed by atoms with Gasteiger partial charge in [-0.15, -0.1) is 0 Å². The van der Waals surface area contributed by atoms with Crippen molar-refractivity contribution in [2.75, 3.05) is 13.2 Å². The Labute approximate surface area is 178 Å². The number of fused-ring (bicyclic) bond motifs is 1. The molecule has 1 aromatic carbocycles. The summed E-state index contributed by atoms with van der Waals surface area (Å²) in [4.78, 5) is 12.0. The van der Waals surface area contributed by atoms with Crippen molar-refractivity contribution >= 4 is 15.9 Å². The highest BCUT2D eigenvalue weighted by molar-refractivity contribution is 7.89. The second-order valence-corrected chi connectivity index (χ2v) is 11.5. The summed E-state index contributed by atoms with van der Waals surface area (Å²) in [5.41, 5.74) is 0.0762. The Morgan fingerprint density at radius 1 is 1.27 bits per heavy atom. The van der Waals surface area contributed by atoms with E-state index in [4.69, 9.17) is 4.74 Å². The number of ether oxygens (including phenoxy) is 1. The van der Waals surface area contributed by atoms with E-state index in [0.717, 1.165) is 31.4 Å². The molecule has 2 N–H and O–H groups in total. The van der Waals surface area contributed by atoms with Crippen LogP contribution in [-0.2, 0) is 19.6 Å². The summed E-state index contributed by atoms with van der Waals surface area (Å²) in [7, 11) is -3.69. The number of sulfonamides is 1. The van der Waals surface area contributed by atoms with Gasteiger partial charge in [0.2, 0.25) is 15.9 Å². The first-order valence-corrected chi connectivity index (χ1v) is 12.2. The van der Waals surface area contributed by atoms with Crippen LogP contribution in [0.1, 0.15) is 46.5 Å². The van der Waals surface area contributed by atoms with Crippen LogP contribution in [0.2, 0.25) is 0 Å². The van der Waals surface area contributed by atoms with Gasteiger partial charge in [0.05, 0.1) is 11.0 Å². The standard InChI is InChI=1S/C22H31FN2O4S/c1-14(26)25-20-21(2,3)15-12-18-19(29-11-9-22(18,20)13-15)8-10-24-30(27,28)17-6-4-16(23)5-7-17/h4-7,15,18-20,24H,8-13H2,1-3H3,(H,25,26)/t15-,18-,19-,20+,22-/m1/s1. The summed E-state index contributed by atoms with van der Waals surface area (Å²) >= 11 is 0. The summed E-state index contributed by atoms with van der Waals surface area (Å²) in [5.74, 6) is 0.377. The molecule has 1 saturated heterocycles. The molecular formula is C22H31FN2O4S. The zero-order chi connectivity index (χ0) is 21.7. The number of benzene rings is 1. The molecule has 2 aliphatic carbocycles. The van der Waals surface area contributed by atoms with Crippen LogP contribution < -0.4 is 10.0 Å². The van der Waals surface area contributed by atoms with E-state index in [0.29, 0.717) is 24.9 Å². The van der Waals surface area contributed by atoms with Gasteiger partial charge in [-0.25, -0.2) is 17.5 Å².